The van der Waals surface area contributed by atoms with Gasteiger partial charge in [-0.3, -0.25) is 0 Å². The number of aryl methyl sites for hydroxylation is 8. The van der Waals surface area contributed by atoms with E-state index in [9.17, 15) is 0 Å². The number of fused-ring (bicyclic) bond motifs is 8. The number of H-pyrrole nitrogens is 2. The fourth-order valence-electron chi connectivity index (χ4n) is 15.8. The summed E-state index contributed by atoms with van der Waals surface area (Å²) in [6, 6.07) is 23.2. The number of hydrogen-bond acceptors (Lipinski definition) is 15. The Labute approximate surface area is 633 Å². The Bertz CT molecular complexity index is 4510. The predicted molar refractivity (Wildman–Crippen MR) is 434 cm³/mol. The van der Waals surface area contributed by atoms with Crippen LogP contribution in [0.1, 0.15) is 145 Å². The number of benzene rings is 4. The van der Waals surface area contributed by atoms with Gasteiger partial charge in [-0.1, -0.05) is 0 Å². The zero-order chi connectivity index (χ0) is 78.2. The number of aromatic nitrogens is 4. The second kappa shape index (κ2) is 35.0. The van der Waals surface area contributed by atoms with E-state index in [0.29, 0.717) is 123 Å². The molecule has 0 saturated carbocycles. The van der Waals surface area contributed by atoms with Crippen LogP contribution in [-0.4, -0.2) is 182 Å². The number of hydrogen-bond donors (Lipinski definition) is 7. The number of likely N-dealkylation sites (N-methyl/N-ethyl adjacent to an activating group) is 4. The van der Waals surface area contributed by atoms with Crippen LogP contribution in [0, 0.1) is 83.1 Å². The zero-order valence-electron chi connectivity index (χ0n) is 66.0. The zero-order valence-corrected chi connectivity index (χ0v) is 70.4. The summed E-state index contributed by atoms with van der Waals surface area (Å²) in [6.07, 6.45) is 8.09. The molecule has 2 aliphatic rings. The Morgan fingerprint density at radius 2 is 0.509 bits per heavy atom. The molecule has 8 bridgehead atoms. The van der Waals surface area contributed by atoms with Gasteiger partial charge >= 0.3 is 500 Å². The van der Waals surface area contributed by atoms with E-state index in [1.165, 1.54) is 0 Å². The molecule has 0 atom stereocenters. The van der Waals surface area contributed by atoms with Gasteiger partial charge in [0.25, 0.3) is 0 Å². The van der Waals surface area contributed by atoms with Gasteiger partial charge in [-0.05, 0) is 72.8 Å². The molecule has 7 N–H and O–H groups in total. The molecule has 21 nitrogen and oxygen atoms in total. The van der Waals surface area contributed by atoms with Crippen LogP contribution >= 0.6 is 0 Å². The Morgan fingerprint density at radius 1 is 0.321 bits per heavy atom. The van der Waals surface area contributed by atoms with Crippen molar-refractivity contribution in [2.75, 3.05) is 105 Å². The van der Waals surface area contributed by atoms with Crippen molar-refractivity contribution in [2.45, 2.75) is 158 Å². The van der Waals surface area contributed by atoms with Crippen molar-refractivity contribution in [3.05, 3.63) is 162 Å². The third-order valence-electron chi connectivity index (χ3n) is 20.3. The SMILES string of the molecule is C1=Cc2cc3ccc(cc4nc(cc5ccc(cc1n2)[nH]5)C=C4)[nH]3.CCN(CC)CCNS(=O)(=O)c1c(C)cc(C)[c]([Mn]([OH])([c]2c(C)cc(C)c(S(=O)(=O)NCCN(CC)CC)c2C)([c]2c(C)cc(C)c(S(=O)(=O)NCCN(CC)CC)c2C)[c]2c(C)cc(C)c(S(=O)(=O)NCCN(CC)CC)c2C)c1C. The number of nitrogens with one attached hydrogen (secondary N) is 6. The van der Waals surface area contributed by atoms with E-state index < -0.39 is 52.2 Å². The van der Waals surface area contributed by atoms with Gasteiger partial charge in [0, 0.05) is 22.1 Å². The van der Waals surface area contributed by atoms with E-state index in [0.717, 1.165) is 44.8 Å². The van der Waals surface area contributed by atoms with Crippen LogP contribution < -0.4 is 36.7 Å². The molecular formula is C80H115MnN12O9S4. The van der Waals surface area contributed by atoms with Gasteiger partial charge in [0.1, 0.15) is 0 Å². The van der Waals surface area contributed by atoms with E-state index in [1.807, 2.05) is 104 Å². The van der Waals surface area contributed by atoms with Crippen molar-refractivity contribution in [3.63, 3.8) is 0 Å². The standard InChI is InChI=1S/C20H14N4.4C15H25N2O2S.Mn.H2O/c1-2-14-10-16-5-6-18(23-16)12-20-8-7-19(24-20)11-17-4-3-15(22-17)9-13(1)21-14;4*1-6-17(7-2)9-8-16-20(18,19)15-13(4)10-12(3)11-14(15)5;;/h1-12,21,24H;4*10,16H,6-9H2,1-5H3;;1H2/q;;;;;+1;/p-1. The first-order chi connectivity index (χ1) is 49.9. The molecule has 4 aromatic carbocycles. The molecule has 580 valence electrons. The first-order valence-electron chi connectivity index (χ1n) is 36.9. The molecule has 3 aromatic heterocycles. The summed E-state index contributed by atoms with van der Waals surface area (Å²) in [6.45, 7) is 44.0. The van der Waals surface area contributed by atoms with Crippen molar-refractivity contribution in [2.24, 2.45) is 0 Å². The Morgan fingerprint density at radius 3 is 0.689 bits per heavy atom. The molecule has 0 radical (unpaired) electrons. The molecule has 106 heavy (non-hydrogen) atoms. The molecule has 0 amide bonds. The number of sulfonamides is 4. The van der Waals surface area contributed by atoms with E-state index in [-0.39, 0.29) is 85.9 Å². The molecular weight excluding hydrogens is 1460 g/mol. The first-order valence-corrected chi connectivity index (χ1v) is 45.7. The monoisotopic (exact) mass is 1570 g/mol. The minimum absolute atomic E-state index is 0.0623. The summed E-state index contributed by atoms with van der Waals surface area (Å²) in [5.74, 6) is 0. The van der Waals surface area contributed by atoms with Crippen molar-refractivity contribution in [3.8, 4) is 0 Å². The van der Waals surface area contributed by atoms with Crippen molar-refractivity contribution in [1.82, 2.24) is 58.4 Å². The average Bonchev–Trinajstić information content (AvgIpc) is 0.700. The Kier molecular flexibility index (Phi) is 28.1. The molecule has 26 heteroatoms. The maximum absolute atomic E-state index is 16.7. The van der Waals surface area contributed by atoms with Gasteiger partial charge in [-0.25, -0.2) is 9.97 Å². The van der Waals surface area contributed by atoms with Crippen LogP contribution in [0.25, 0.3) is 46.4 Å². The van der Waals surface area contributed by atoms with E-state index in [1.54, 1.807) is 107 Å². The maximum atomic E-state index is 16.7. The van der Waals surface area contributed by atoms with Crippen LogP contribution in [-0.2, 0) is 52.2 Å². The summed E-state index contributed by atoms with van der Waals surface area (Å²) in [7, 11) is -17.8. The van der Waals surface area contributed by atoms with Gasteiger partial charge in [0.15, 0.2) is 0 Å². The van der Waals surface area contributed by atoms with Gasteiger partial charge in [0.05, 0.1) is 22.8 Å². The summed E-state index contributed by atoms with van der Waals surface area (Å²) in [5, 5.41) is 0. The summed E-state index contributed by atoms with van der Waals surface area (Å²) in [4.78, 5) is 23.9. The minimum atomic E-state index is -6.72. The van der Waals surface area contributed by atoms with Crippen LogP contribution in [0.4, 0.5) is 0 Å². The quantitative estimate of drug-likeness (QED) is 0.0193. The summed E-state index contributed by atoms with van der Waals surface area (Å²) < 4.78 is 151. The second-order valence-electron chi connectivity index (χ2n) is 27.6. The Hall–Kier alpha value is -6.56. The van der Waals surface area contributed by atoms with Crippen LogP contribution in [0.15, 0.2) is 92.4 Å². The normalized spacial score (nSPS) is 13.3. The van der Waals surface area contributed by atoms with E-state index >= 15 is 37.9 Å². The molecule has 0 unspecified atom stereocenters. The van der Waals surface area contributed by atoms with Crippen LogP contribution in [0.3, 0.4) is 0 Å². The summed E-state index contributed by atoms with van der Waals surface area (Å²) in [5.41, 5.74) is 11.6. The molecule has 9 rings (SSSR count). The topological polar surface area (TPSA) is 275 Å². The number of nitrogens with zero attached hydrogens (tertiary/aromatic N) is 6. The predicted octanol–water partition coefficient (Wildman–Crippen LogP) is 9.72. The fourth-order valence-corrected chi connectivity index (χ4v) is 31.9. The van der Waals surface area contributed by atoms with E-state index in [2.05, 4.69) is 82.7 Å². The van der Waals surface area contributed by atoms with Gasteiger partial charge < -0.3 is 9.97 Å². The fraction of sp³-hybridized carbons (Fsp3) is 0.450. The van der Waals surface area contributed by atoms with Gasteiger partial charge in [-0.15, -0.1) is 0 Å². The van der Waals surface area contributed by atoms with Gasteiger partial charge in [-0.2, -0.15) is 0 Å². The molecule has 5 heterocycles. The number of rotatable bonds is 32. The van der Waals surface area contributed by atoms with Crippen LogP contribution in [0.2, 0.25) is 0 Å². The third-order valence-corrected chi connectivity index (χ3v) is 35.5. The van der Waals surface area contributed by atoms with Crippen molar-refractivity contribution < 1.29 is 50.0 Å². The molecule has 0 spiro atoms. The molecule has 7 aromatic rings. The van der Waals surface area contributed by atoms with Crippen LogP contribution in [0.5, 0.6) is 0 Å². The average molecular weight is 1570 g/mol. The molecule has 0 fully saturated rings. The Balaban J connectivity index is 0.000000488. The van der Waals surface area contributed by atoms with Gasteiger partial charge in [0.2, 0.25) is 0 Å². The van der Waals surface area contributed by atoms with Crippen molar-refractivity contribution in [1.29, 1.82) is 0 Å². The summed E-state index contributed by atoms with van der Waals surface area (Å²) >= 11 is -6.72. The molecule has 2 aliphatic heterocycles. The third kappa shape index (κ3) is 17.8. The second-order valence-corrected chi connectivity index (χ2v) is 39.6. The number of aromatic amines is 2. The van der Waals surface area contributed by atoms with E-state index in [4.69, 9.17) is 0 Å². The molecule has 0 saturated heterocycles. The molecule has 0 aliphatic carbocycles. The first kappa shape index (κ1) is 85.1. The van der Waals surface area contributed by atoms with Crippen molar-refractivity contribution >= 4 is 104 Å².